The number of hydrogen-bond acceptors (Lipinski definition) is 5. The molecular formula is C18H26N4O3. The normalized spacial score (nSPS) is 22.0. The molecule has 3 heterocycles. The van der Waals surface area contributed by atoms with E-state index in [2.05, 4.69) is 4.98 Å². The van der Waals surface area contributed by atoms with Crippen molar-refractivity contribution in [2.24, 2.45) is 0 Å². The smallest absolute Gasteiger partial charge is 0.242 e. The molecule has 1 unspecified atom stereocenters. The molecule has 7 nitrogen and oxygen atoms in total. The van der Waals surface area contributed by atoms with Gasteiger partial charge in [-0.15, -0.1) is 0 Å². The molecule has 1 atom stereocenters. The first-order chi connectivity index (χ1) is 12.0. The number of carbonyl (C=O) groups is 2. The summed E-state index contributed by atoms with van der Waals surface area (Å²) in [6, 6.07) is 3.60. The summed E-state index contributed by atoms with van der Waals surface area (Å²) < 4.78 is 5.79. The SMILES string of the molecule is Cc1cc(N)cc(C2CN(C(=O)CN3CCCCCC3=O)CCO2)n1. The van der Waals surface area contributed by atoms with Gasteiger partial charge in [0, 0.05) is 30.9 Å². The minimum absolute atomic E-state index is 0.0239. The topological polar surface area (TPSA) is 88.8 Å². The highest BCUT2D eigenvalue weighted by Crippen LogP contribution is 2.23. The van der Waals surface area contributed by atoms with Gasteiger partial charge < -0.3 is 20.3 Å². The van der Waals surface area contributed by atoms with Crippen molar-refractivity contribution in [2.45, 2.75) is 38.7 Å². The van der Waals surface area contributed by atoms with Gasteiger partial charge in [0.15, 0.2) is 0 Å². The highest BCUT2D eigenvalue weighted by atomic mass is 16.5. The number of morpholine rings is 1. The lowest BCUT2D eigenvalue weighted by Crippen LogP contribution is -2.48. The summed E-state index contributed by atoms with van der Waals surface area (Å²) in [4.78, 5) is 32.7. The van der Waals surface area contributed by atoms with Crippen LogP contribution in [-0.4, -0.2) is 59.4 Å². The van der Waals surface area contributed by atoms with Crippen LogP contribution in [0.5, 0.6) is 0 Å². The van der Waals surface area contributed by atoms with Crippen molar-refractivity contribution >= 4 is 17.5 Å². The number of nitrogens with zero attached hydrogens (tertiary/aromatic N) is 3. The zero-order chi connectivity index (χ0) is 17.8. The lowest BCUT2D eigenvalue weighted by Gasteiger charge is -2.34. The van der Waals surface area contributed by atoms with Gasteiger partial charge in [-0.25, -0.2) is 0 Å². The molecule has 2 saturated heterocycles. The molecule has 0 spiro atoms. The van der Waals surface area contributed by atoms with Gasteiger partial charge in [-0.3, -0.25) is 14.6 Å². The maximum absolute atomic E-state index is 12.7. The zero-order valence-corrected chi connectivity index (χ0v) is 14.7. The van der Waals surface area contributed by atoms with Crippen LogP contribution < -0.4 is 5.73 Å². The molecule has 136 valence electrons. The Labute approximate surface area is 148 Å². The number of pyridine rings is 1. The maximum Gasteiger partial charge on any atom is 0.242 e. The summed E-state index contributed by atoms with van der Waals surface area (Å²) in [5, 5.41) is 0. The second-order valence-electron chi connectivity index (χ2n) is 6.79. The number of rotatable bonds is 3. The Kier molecular flexibility index (Phi) is 5.53. The van der Waals surface area contributed by atoms with E-state index in [1.54, 1.807) is 21.9 Å². The van der Waals surface area contributed by atoms with E-state index in [4.69, 9.17) is 10.5 Å². The molecule has 2 aliphatic heterocycles. The highest BCUT2D eigenvalue weighted by molar-refractivity contribution is 5.85. The Hall–Kier alpha value is -2.15. The molecule has 1 aromatic rings. The van der Waals surface area contributed by atoms with E-state index in [0.29, 0.717) is 38.3 Å². The molecule has 0 saturated carbocycles. The first kappa shape index (κ1) is 17.7. The minimum Gasteiger partial charge on any atom is -0.399 e. The standard InChI is InChI=1S/C18H26N4O3/c1-13-9-14(19)10-15(20-13)16-11-22(7-8-25-16)18(24)12-21-6-4-2-3-5-17(21)23/h9-10,16H,2-8,11-12H2,1H3,(H2,19,20). The van der Waals surface area contributed by atoms with Crippen LogP contribution in [-0.2, 0) is 14.3 Å². The van der Waals surface area contributed by atoms with E-state index in [0.717, 1.165) is 30.7 Å². The number of hydrogen-bond donors (Lipinski definition) is 1. The number of ether oxygens (including phenoxy) is 1. The van der Waals surface area contributed by atoms with Crippen molar-refractivity contribution < 1.29 is 14.3 Å². The van der Waals surface area contributed by atoms with Crippen molar-refractivity contribution in [1.29, 1.82) is 0 Å². The van der Waals surface area contributed by atoms with Gasteiger partial charge >= 0.3 is 0 Å². The molecule has 2 amide bonds. The van der Waals surface area contributed by atoms with Crippen LogP contribution in [0.4, 0.5) is 5.69 Å². The molecule has 0 bridgehead atoms. The molecule has 25 heavy (non-hydrogen) atoms. The van der Waals surface area contributed by atoms with Crippen LogP contribution in [0.25, 0.3) is 0 Å². The van der Waals surface area contributed by atoms with Gasteiger partial charge in [0.25, 0.3) is 0 Å². The maximum atomic E-state index is 12.7. The predicted octanol–water partition coefficient (Wildman–Crippen LogP) is 1.27. The van der Waals surface area contributed by atoms with E-state index in [9.17, 15) is 9.59 Å². The number of anilines is 1. The predicted molar refractivity (Wildman–Crippen MR) is 93.7 cm³/mol. The van der Waals surface area contributed by atoms with Crippen molar-refractivity contribution in [2.75, 3.05) is 38.5 Å². The van der Waals surface area contributed by atoms with Gasteiger partial charge in [0.1, 0.15) is 6.10 Å². The summed E-state index contributed by atoms with van der Waals surface area (Å²) in [5.41, 5.74) is 8.12. The van der Waals surface area contributed by atoms with Gasteiger partial charge in [-0.05, 0) is 31.9 Å². The van der Waals surface area contributed by atoms with Crippen molar-refractivity contribution in [3.8, 4) is 0 Å². The van der Waals surface area contributed by atoms with Crippen LogP contribution in [0.15, 0.2) is 12.1 Å². The van der Waals surface area contributed by atoms with E-state index < -0.39 is 0 Å². The third kappa shape index (κ3) is 4.48. The zero-order valence-electron chi connectivity index (χ0n) is 14.7. The summed E-state index contributed by atoms with van der Waals surface area (Å²) in [6.45, 7) is 4.16. The summed E-state index contributed by atoms with van der Waals surface area (Å²) in [5.74, 6) is 0.0629. The monoisotopic (exact) mass is 346 g/mol. The Bertz CT molecular complexity index is 629. The molecule has 2 N–H and O–H groups in total. The Morgan fingerprint density at radius 2 is 2.16 bits per heavy atom. The average Bonchev–Trinajstić information content (AvgIpc) is 2.79. The van der Waals surface area contributed by atoms with E-state index >= 15 is 0 Å². The number of likely N-dealkylation sites (tertiary alicyclic amines) is 1. The molecule has 7 heteroatoms. The molecule has 0 aliphatic carbocycles. The number of nitrogen functional groups attached to an aromatic ring is 1. The quantitative estimate of drug-likeness (QED) is 0.890. The third-order valence-electron chi connectivity index (χ3n) is 4.74. The lowest BCUT2D eigenvalue weighted by atomic mass is 10.1. The molecule has 3 rings (SSSR count). The molecule has 0 radical (unpaired) electrons. The number of amides is 2. The Balaban J connectivity index is 1.64. The fourth-order valence-electron chi connectivity index (χ4n) is 3.41. The first-order valence-electron chi connectivity index (χ1n) is 8.94. The summed E-state index contributed by atoms with van der Waals surface area (Å²) in [6.07, 6.45) is 3.21. The molecule has 2 aliphatic rings. The number of carbonyl (C=O) groups excluding carboxylic acids is 2. The fraction of sp³-hybridized carbons (Fsp3) is 0.611. The second-order valence-corrected chi connectivity index (χ2v) is 6.79. The van der Waals surface area contributed by atoms with Crippen molar-refractivity contribution in [3.63, 3.8) is 0 Å². The number of nitrogens with two attached hydrogens (primary N) is 1. The second kappa shape index (κ2) is 7.82. The fourth-order valence-corrected chi connectivity index (χ4v) is 3.41. The Morgan fingerprint density at radius 3 is 2.96 bits per heavy atom. The van der Waals surface area contributed by atoms with Crippen LogP contribution in [0.2, 0.25) is 0 Å². The van der Waals surface area contributed by atoms with Crippen LogP contribution in [0, 0.1) is 6.92 Å². The van der Waals surface area contributed by atoms with E-state index in [1.165, 1.54) is 0 Å². The van der Waals surface area contributed by atoms with Gasteiger partial charge in [0.05, 0.1) is 25.4 Å². The lowest BCUT2D eigenvalue weighted by molar-refractivity contribution is -0.145. The van der Waals surface area contributed by atoms with Crippen molar-refractivity contribution in [3.05, 3.63) is 23.5 Å². The van der Waals surface area contributed by atoms with E-state index in [-0.39, 0.29) is 24.5 Å². The van der Waals surface area contributed by atoms with Crippen LogP contribution >= 0.6 is 0 Å². The van der Waals surface area contributed by atoms with E-state index in [1.807, 2.05) is 6.92 Å². The van der Waals surface area contributed by atoms with Crippen molar-refractivity contribution in [1.82, 2.24) is 14.8 Å². The largest absolute Gasteiger partial charge is 0.399 e. The van der Waals surface area contributed by atoms with Gasteiger partial charge in [-0.2, -0.15) is 0 Å². The van der Waals surface area contributed by atoms with Gasteiger partial charge in [0.2, 0.25) is 11.8 Å². The molecule has 0 aromatic carbocycles. The minimum atomic E-state index is -0.278. The third-order valence-corrected chi connectivity index (χ3v) is 4.74. The highest BCUT2D eigenvalue weighted by Gasteiger charge is 2.28. The van der Waals surface area contributed by atoms with Crippen LogP contribution in [0.3, 0.4) is 0 Å². The first-order valence-corrected chi connectivity index (χ1v) is 8.94. The summed E-state index contributed by atoms with van der Waals surface area (Å²) >= 11 is 0. The number of aryl methyl sites for hydroxylation is 1. The molecular weight excluding hydrogens is 320 g/mol. The molecule has 1 aromatic heterocycles. The summed E-state index contributed by atoms with van der Waals surface area (Å²) in [7, 11) is 0. The average molecular weight is 346 g/mol. The van der Waals surface area contributed by atoms with Gasteiger partial charge in [-0.1, -0.05) is 6.42 Å². The Morgan fingerprint density at radius 1 is 1.32 bits per heavy atom. The van der Waals surface area contributed by atoms with Crippen LogP contribution in [0.1, 0.15) is 43.2 Å². The molecule has 2 fully saturated rings. The number of aromatic nitrogens is 1.